The third-order valence-corrected chi connectivity index (χ3v) is 2.46. The van der Waals surface area contributed by atoms with Gasteiger partial charge in [0.2, 0.25) is 5.56 Å². The smallest absolute Gasteiger partial charge is 0.247 e. The Balaban J connectivity index is 1.96. The van der Waals surface area contributed by atoms with Crippen molar-refractivity contribution >= 4 is 0 Å². The van der Waals surface area contributed by atoms with Crippen molar-refractivity contribution in [2.75, 3.05) is 26.2 Å². The standard InChI is InChI=1S/C10H15N3O/c14-10-2-1-9(7-12-10)8-13-5-3-11-4-6-13/h1-2,7,11H,3-6,8H2,(H,12,14). The fourth-order valence-electron chi connectivity index (χ4n) is 1.67. The first-order valence-corrected chi connectivity index (χ1v) is 4.95. The van der Waals surface area contributed by atoms with Gasteiger partial charge in [0.15, 0.2) is 0 Å². The third-order valence-electron chi connectivity index (χ3n) is 2.46. The van der Waals surface area contributed by atoms with E-state index in [1.54, 1.807) is 12.3 Å². The molecule has 2 heterocycles. The van der Waals surface area contributed by atoms with Crippen molar-refractivity contribution in [3.8, 4) is 0 Å². The predicted octanol–water partition coefficient (Wildman–Crippen LogP) is -0.220. The second kappa shape index (κ2) is 4.39. The first-order chi connectivity index (χ1) is 6.84. The van der Waals surface area contributed by atoms with Gasteiger partial charge in [0.1, 0.15) is 0 Å². The Kier molecular flexibility index (Phi) is 2.96. The zero-order valence-electron chi connectivity index (χ0n) is 8.12. The molecule has 0 saturated carbocycles. The molecule has 1 fully saturated rings. The van der Waals surface area contributed by atoms with Gasteiger partial charge >= 0.3 is 0 Å². The molecule has 4 nitrogen and oxygen atoms in total. The molecular formula is C10H15N3O. The van der Waals surface area contributed by atoms with Gasteiger partial charge in [-0.1, -0.05) is 6.07 Å². The summed E-state index contributed by atoms with van der Waals surface area (Å²) in [5, 5.41) is 3.31. The minimum absolute atomic E-state index is 0.0333. The highest BCUT2D eigenvalue weighted by Gasteiger charge is 2.09. The molecule has 0 unspecified atom stereocenters. The van der Waals surface area contributed by atoms with E-state index < -0.39 is 0 Å². The van der Waals surface area contributed by atoms with Crippen molar-refractivity contribution in [3.05, 3.63) is 34.2 Å². The number of piperazine rings is 1. The summed E-state index contributed by atoms with van der Waals surface area (Å²) < 4.78 is 0. The van der Waals surface area contributed by atoms with Gasteiger partial charge < -0.3 is 10.3 Å². The Morgan fingerprint density at radius 2 is 2.07 bits per heavy atom. The Bertz CT molecular complexity index is 321. The molecule has 76 valence electrons. The van der Waals surface area contributed by atoms with Crippen LogP contribution in [0.15, 0.2) is 23.1 Å². The monoisotopic (exact) mass is 193 g/mol. The van der Waals surface area contributed by atoms with Crippen LogP contribution in [0.2, 0.25) is 0 Å². The van der Waals surface area contributed by atoms with Gasteiger partial charge in [-0.15, -0.1) is 0 Å². The van der Waals surface area contributed by atoms with E-state index in [0.29, 0.717) is 0 Å². The van der Waals surface area contributed by atoms with Crippen LogP contribution in [0, 0.1) is 0 Å². The number of nitrogens with zero attached hydrogens (tertiary/aromatic N) is 1. The molecule has 0 aliphatic carbocycles. The molecular weight excluding hydrogens is 178 g/mol. The van der Waals surface area contributed by atoms with Gasteiger partial charge in [-0.3, -0.25) is 9.69 Å². The van der Waals surface area contributed by atoms with Crippen molar-refractivity contribution < 1.29 is 0 Å². The van der Waals surface area contributed by atoms with E-state index in [9.17, 15) is 4.79 Å². The zero-order valence-corrected chi connectivity index (χ0v) is 8.12. The molecule has 4 heteroatoms. The van der Waals surface area contributed by atoms with E-state index in [0.717, 1.165) is 32.7 Å². The lowest BCUT2D eigenvalue weighted by molar-refractivity contribution is 0.233. The summed E-state index contributed by atoms with van der Waals surface area (Å²) in [6.07, 6.45) is 1.80. The van der Waals surface area contributed by atoms with Crippen LogP contribution in [0.1, 0.15) is 5.56 Å². The molecule has 1 aromatic heterocycles. The van der Waals surface area contributed by atoms with Crippen molar-refractivity contribution in [2.24, 2.45) is 0 Å². The molecule has 1 aliphatic heterocycles. The largest absolute Gasteiger partial charge is 0.329 e. The SMILES string of the molecule is O=c1ccc(CN2CCNCC2)c[nH]1. The lowest BCUT2D eigenvalue weighted by Crippen LogP contribution is -2.42. The molecule has 0 radical (unpaired) electrons. The number of nitrogens with one attached hydrogen (secondary N) is 2. The second-order valence-corrected chi connectivity index (χ2v) is 3.59. The van der Waals surface area contributed by atoms with Crippen LogP contribution in [0.4, 0.5) is 0 Å². The second-order valence-electron chi connectivity index (χ2n) is 3.59. The number of hydrogen-bond donors (Lipinski definition) is 2. The van der Waals surface area contributed by atoms with Crippen molar-refractivity contribution in [2.45, 2.75) is 6.54 Å². The van der Waals surface area contributed by atoms with Crippen molar-refractivity contribution in [1.29, 1.82) is 0 Å². The summed E-state index contributed by atoms with van der Waals surface area (Å²) in [6, 6.07) is 3.47. The molecule has 1 aliphatic rings. The maximum Gasteiger partial charge on any atom is 0.247 e. The van der Waals surface area contributed by atoms with Crippen LogP contribution in [-0.2, 0) is 6.54 Å². The normalized spacial score (nSPS) is 18.3. The number of aromatic amines is 1. The first kappa shape index (κ1) is 9.43. The molecule has 14 heavy (non-hydrogen) atoms. The van der Waals surface area contributed by atoms with Crippen LogP contribution in [-0.4, -0.2) is 36.1 Å². The van der Waals surface area contributed by atoms with Crippen LogP contribution in [0.3, 0.4) is 0 Å². The van der Waals surface area contributed by atoms with Crippen LogP contribution >= 0.6 is 0 Å². The van der Waals surface area contributed by atoms with E-state index in [4.69, 9.17) is 0 Å². The molecule has 0 spiro atoms. The molecule has 1 saturated heterocycles. The Hall–Kier alpha value is -1.13. The topological polar surface area (TPSA) is 48.1 Å². The van der Waals surface area contributed by atoms with Crippen molar-refractivity contribution in [3.63, 3.8) is 0 Å². The van der Waals surface area contributed by atoms with Crippen LogP contribution in [0.5, 0.6) is 0 Å². The number of aromatic nitrogens is 1. The molecule has 0 aromatic carbocycles. The number of rotatable bonds is 2. The van der Waals surface area contributed by atoms with Gasteiger partial charge in [0, 0.05) is 45.0 Å². The first-order valence-electron chi connectivity index (χ1n) is 4.95. The summed E-state index contributed by atoms with van der Waals surface area (Å²) >= 11 is 0. The van der Waals surface area contributed by atoms with E-state index in [1.807, 2.05) is 6.07 Å². The van der Waals surface area contributed by atoms with Crippen LogP contribution < -0.4 is 10.9 Å². The lowest BCUT2D eigenvalue weighted by Gasteiger charge is -2.26. The van der Waals surface area contributed by atoms with Gasteiger partial charge in [-0.05, 0) is 5.56 Å². The summed E-state index contributed by atoms with van der Waals surface area (Å²) in [5.74, 6) is 0. The fraction of sp³-hybridized carbons (Fsp3) is 0.500. The number of pyridine rings is 1. The molecule has 1 aromatic rings. The minimum atomic E-state index is -0.0333. The summed E-state index contributed by atoms with van der Waals surface area (Å²) in [4.78, 5) is 15.9. The average Bonchev–Trinajstić information content (AvgIpc) is 2.23. The summed E-state index contributed by atoms with van der Waals surface area (Å²) in [5.41, 5.74) is 1.14. The van der Waals surface area contributed by atoms with Gasteiger partial charge in [-0.25, -0.2) is 0 Å². The fourth-order valence-corrected chi connectivity index (χ4v) is 1.67. The highest BCUT2D eigenvalue weighted by atomic mass is 16.1. The molecule has 0 amide bonds. The maximum atomic E-state index is 10.8. The summed E-state index contributed by atoms with van der Waals surface area (Å²) in [6.45, 7) is 5.21. The Labute approximate surface area is 82.9 Å². The maximum absolute atomic E-state index is 10.8. The van der Waals surface area contributed by atoms with Crippen molar-refractivity contribution in [1.82, 2.24) is 15.2 Å². The van der Waals surface area contributed by atoms with E-state index in [-0.39, 0.29) is 5.56 Å². The Morgan fingerprint density at radius 3 is 2.71 bits per heavy atom. The highest BCUT2D eigenvalue weighted by Crippen LogP contribution is 2.01. The highest BCUT2D eigenvalue weighted by molar-refractivity contribution is 5.08. The molecule has 0 bridgehead atoms. The van der Waals surface area contributed by atoms with Gasteiger partial charge in [0.25, 0.3) is 0 Å². The number of hydrogen-bond acceptors (Lipinski definition) is 3. The van der Waals surface area contributed by atoms with Crippen LogP contribution in [0.25, 0.3) is 0 Å². The number of H-pyrrole nitrogens is 1. The van der Waals surface area contributed by atoms with Gasteiger partial charge in [-0.2, -0.15) is 0 Å². The molecule has 2 rings (SSSR count). The average molecular weight is 193 g/mol. The van der Waals surface area contributed by atoms with Gasteiger partial charge in [0.05, 0.1) is 0 Å². The third kappa shape index (κ3) is 2.43. The Morgan fingerprint density at radius 1 is 1.29 bits per heavy atom. The molecule has 0 atom stereocenters. The molecule has 2 N–H and O–H groups in total. The lowest BCUT2D eigenvalue weighted by atomic mass is 10.2. The summed E-state index contributed by atoms with van der Waals surface area (Å²) in [7, 11) is 0. The zero-order chi connectivity index (χ0) is 9.80. The van der Waals surface area contributed by atoms with E-state index in [1.165, 1.54) is 5.56 Å². The van der Waals surface area contributed by atoms with E-state index >= 15 is 0 Å². The predicted molar refractivity (Wildman–Crippen MR) is 55.2 cm³/mol. The quantitative estimate of drug-likeness (QED) is 0.682. The van der Waals surface area contributed by atoms with E-state index in [2.05, 4.69) is 15.2 Å². The minimum Gasteiger partial charge on any atom is -0.329 e.